The summed E-state index contributed by atoms with van der Waals surface area (Å²) in [5, 5.41) is 14.4. The van der Waals surface area contributed by atoms with Gasteiger partial charge in [-0.25, -0.2) is 9.37 Å². The van der Waals surface area contributed by atoms with E-state index in [2.05, 4.69) is 15.6 Å². The number of benzene rings is 1. The molecular weight excluding hydrogens is 421 g/mol. The first-order valence-electron chi connectivity index (χ1n) is 10.1. The number of pyridine rings is 1. The molecule has 1 fully saturated rings. The fourth-order valence-corrected chi connectivity index (χ4v) is 3.78. The maximum atomic E-state index is 14.0. The second-order valence-electron chi connectivity index (χ2n) is 7.28. The van der Waals surface area contributed by atoms with Crippen molar-refractivity contribution in [3.63, 3.8) is 0 Å². The number of nitrogen functional groups attached to an aromatic ring is 1. The van der Waals surface area contributed by atoms with Gasteiger partial charge in [0.2, 0.25) is 0 Å². The van der Waals surface area contributed by atoms with E-state index in [1.807, 2.05) is 6.20 Å². The molecule has 31 heavy (non-hydrogen) atoms. The molecule has 0 aliphatic carbocycles. The minimum Gasteiger partial charge on any atom is -0.496 e. The number of nitrogens with zero attached hydrogens (tertiary/aromatic N) is 1. The number of nitrogens with one attached hydrogen (secondary N) is 3. The Morgan fingerprint density at radius 1 is 1.39 bits per heavy atom. The smallest absolute Gasteiger partial charge is 0.166 e. The van der Waals surface area contributed by atoms with Crippen molar-refractivity contribution in [3.05, 3.63) is 52.6 Å². The van der Waals surface area contributed by atoms with E-state index in [1.54, 1.807) is 19.2 Å². The van der Waals surface area contributed by atoms with Crippen LogP contribution in [-0.2, 0) is 0 Å². The number of ether oxygens (including phenoxy) is 2. The van der Waals surface area contributed by atoms with Gasteiger partial charge in [-0.1, -0.05) is 11.6 Å². The van der Waals surface area contributed by atoms with Crippen LogP contribution < -0.4 is 25.8 Å². The number of nitrogens with two attached hydrogens (primary N) is 1. The molecule has 0 spiro atoms. The van der Waals surface area contributed by atoms with Crippen molar-refractivity contribution in [1.29, 1.82) is 5.41 Å². The molecule has 1 aromatic heterocycles. The number of anilines is 1. The van der Waals surface area contributed by atoms with Crippen LogP contribution in [0.5, 0.6) is 11.5 Å². The summed E-state index contributed by atoms with van der Waals surface area (Å²) in [6.07, 6.45) is 6.03. The summed E-state index contributed by atoms with van der Waals surface area (Å²) in [7, 11) is 1.48. The molecule has 7 nitrogen and oxygen atoms in total. The van der Waals surface area contributed by atoms with Crippen LogP contribution in [0.4, 0.5) is 10.2 Å². The average Bonchev–Trinajstić information content (AvgIpc) is 2.78. The Balaban J connectivity index is 1.84. The van der Waals surface area contributed by atoms with Crippen molar-refractivity contribution in [2.45, 2.75) is 31.9 Å². The molecule has 9 heteroatoms. The molecule has 5 N–H and O–H groups in total. The van der Waals surface area contributed by atoms with Gasteiger partial charge in [0.25, 0.3) is 0 Å². The molecule has 0 bridgehead atoms. The van der Waals surface area contributed by atoms with E-state index in [4.69, 9.17) is 32.2 Å². The first kappa shape index (κ1) is 22.8. The Morgan fingerprint density at radius 3 is 2.81 bits per heavy atom. The Bertz CT molecular complexity index is 963. The third-order valence-electron chi connectivity index (χ3n) is 5.21. The van der Waals surface area contributed by atoms with Crippen LogP contribution in [0.15, 0.2) is 30.6 Å². The third-order valence-corrected chi connectivity index (χ3v) is 5.59. The summed E-state index contributed by atoms with van der Waals surface area (Å²) in [5.41, 5.74) is 7.71. The van der Waals surface area contributed by atoms with Crippen LogP contribution in [0.2, 0.25) is 5.02 Å². The number of aromatic nitrogens is 1. The number of hydrogen-bond donors (Lipinski definition) is 4. The topological polar surface area (TPSA) is 105 Å². The normalized spacial score (nSPS) is 15.9. The minimum atomic E-state index is -0.655. The first-order valence-corrected chi connectivity index (χ1v) is 10.4. The third kappa shape index (κ3) is 5.45. The van der Waals surface area contributed by atoms with Gasteiger partial charge in [0.15, 0.2) is 11.6 Å². The van der Waals surface area contributed by atoms with E-state index in [-0.39, 0.29) is 10.8 Å². The Kier molecular flexibility index (Phi) is 7.70. The lowest BCUT2D eigenvalue weighted by molar-refractivity contribution is 0.221. The molecule has 0 radical (unpaired) electrons. The highest BCUT2D eigenvalue weighted by atomic mass is 35.5. The van der Waals surface area contributed by atoms with Gasteiger partial charge in [0, 0.05) is 35.8 Å². The standard InChI is InChI=1S/C22H27ClFN5O2/c1-13(20-18(30-2)4-3-17(24)21(20)23)31-19-9-14(11-29-22(19)26)15(10-25)12-28-16-5-7-27-8-6-16/h3-4,9-13,16,25,27-28H,5-8H2,1-2H3,(H2,26,29)/b15-12+,25-10?. The number of methoxy groups -OCH3 is 1. The van der Waals surface area contributed by atoms with Crippen LogP contribution in [0.3, 0.4) is 0 Å². The van der Waals surface area contributed by atoms with Crippen LogP contribution in [0.25, 0.3) is 5.57 Å². The van der Waals surface area contributed by atoms with Crippen molar-refractivity contribution in [2.75, 3.05) is 25.9 Å². The van der Waals surface area contributed by atoms with Gasteiger partial charge in [-0.15, -0.1) is 0 Å². The maximum absolute atomic E-state index is 14.0. The van der Waals surface area contributed by atoms with Gasteiger partial charge in [-0.05, 0) is 51.1 Å². The van der Waals surface area contributed by atoms with Crippen LogP contribution >= 0.6 is 11.6 Å². The van der Waals surface area contributed by atoms with E-state index in [0.717, 1.165) is 25.9 Å². The van der Waals surface area contributed by atoms with E-state index in [0.29, 0.717) is 34.2 Å². The molecule has 3 rings (SSSR count). The fraction of sp³-hybridized carbons (Fsp3) is 0.364. The molecule has 1 aromatic carbocycles. The molecule has 2 heterocycles. The van der Waals surface area contributed by atoms with Crippen molar-refractivity contribution < 1.29 is 13.9 Å². The molecule has 0 saturated carbocycles. The summed E-state index contributed by atoms with van der Waals surface area (Å²) >= 11 is 6.16. The predicted molar refractivity (Wildman–Crippen MR) is 121 cm³/mol. The predicted octanol–water partition coefficient (Wildman–Crippen LogP) is 3.94. The van der Waals surface area contributed by atoms with E-state index >= 15 is 0 Å². The largest absolute Gasteiger partial charge is 0.496 e. The second kappa shape index (κ2) is 10.5. The van der Waals surface area contributed by atoms with Gasteiger partial charge in [-0.3, -0.25) is 0 Å². The lowest BCUT2D eigenvalue weighted by Gasteiger charge is -2.23. The van der Waals surface area contributed by atoms with Gasteiger partial charge < -0.3 is 31.3 Å². The van der Waals surface area contributed by atoms with Crippen LogP contribution in [0.1, 0.15) is 37.0 Å². The lowest BCUT2D eigenvalue weighted by atomic mass is 10.1. The van der Waals surface area contributed by atoms with Crippen LogP contribution in [0, 0.1) is 11.2 Å². The van der Waals surface area contributed by atoms with E-state index < -0.39 is 11.9 Å². The van der Waals surface area contributed by atoms with E-state index in [1.165, 1.54) is 25.5 Å². The zero-order valence-corrected chi connectivity index (χ0v) is 18.3. The maximum Gasteiger partial charge on any atom is 0.166 e. The zero-order chi connectivity index (χ0) is 22.4. The lowest BCUT2D eigenvalue weighted by Crippen LogP contribution is -2.37. The van der Waals surface area contributed by atoms with Crippen molar-refractivity contribution in [2.24, 2.45) is 0 Å². The highest BCUT2D eigenvalue weighted by Gasteiger charge is 2.21. The number of hydrogen-bond acceptors (Lipinski definition) is 7. The summed E-state index contributed by atoms with van der Waals surface area (Å²) in [4.78, 5) is 4.20. The molecule has 1 saturated heterocycles. The number of piperidine rings is 1. The SMILES string of the molecule is COc1ccc(F)c(Cl)c1C(C)Oc1cc(/C(C=N)=C/NC2CCNCC2)cnc1N. The average molecular weight is 448 g/mol. The van der Waals surface area contributed by atoms with Crippen molar-refractivity contribution in [1.82, 2.24) is 15.6 Å². The highest BCUT2D eigenvalue weighted by molar-refractivity contribution is 6.31. The number of halogens is 2. The highest BCUT2D eigenvalue weighted by Crippen LogP contribution is 2.37. The van der Waals surface area contributed by atoms with Gasteiger partial charge >= 0.3 is 0 Å². The monoisotopic (exact) mass is 447 g/mol. The first-order chi connectivity index (χ1) is 14.9. The van der Waals surface area contributed by atoms with Gasteiger partial charge in [0.05, 0.1) is 17.7 Å². The number of rotatable bonds is 8. The van der Waals surface area contributed by atoms with Crippen molar-refractivity contribution in [3.8, 4) is 11.5 Å². The summed E-state index contributed by atoms with van der Waals surface area (Å²) in [5.74, 6) is 0.332. The zero-order valence-electron chi connectivity index (χ0n) is 17.5. The molecule has 1 aliphatic rings. The number of allylic oxidation sites excluding steroid dienone is 1. The molecule has 0 amide bonds. The van der Waals surface area contributed by atoms with Crippen LogP contribution in [-0.4, -0.2) is 37.4 Å². The molecule has 2 aromatic rings. The molecule has 1 atom stereocenters. The Morgan fingerprint density at radius 2 is 2.13 bits per heavy atom. The second-order valence-corrected chi connectivity index (χ2v) is 7.66. The Labute approximate surface area is 186 Å². The van der Waals surface area contributed by atoms with Gasteiger partial charge in [0.1, 0.15) is 17.7 Å². The van der Waals surface area contributed by atoms with Crippen molar-refractivity contribution >= 4 is 29.2 Å². The molecule has 1 aliphatic heterocycles. The summed E-state index contributed by atoms with van der Waals surface area (Å²) in [6.45, 7) is 3.66. The summed E-state index contributed by atoms with van der Waals surface area (Å²) in [6, 6.07) is 4.80. The van der Waals surface area contributed by atoms with Gasteiger partial charge in [-0.2, -0.15) is 0 Å². The molecule has 166 valence electrons. The fourth-order valence-electron chi connectivity index (χ4n) is 3.47. The quantitative estimate of drug-likeness (QED) is 0.457. The minimum absolute atomic E-state index is 0.0687. The summed E-state index contributed by atoms with van der Waals surface area (Å²) < 4.78 is 25.3. The Hall–Kier alpha value is -2.84. The molecular formula is C22H27ClFN5O2. The van der Waals surface area contributed by atoms with E-state index in [9.17, 15) is 4.39 Å². The molecule has 1 unspecified atom stereocenters.